The quantitative estimate of drug-likeness (QED) is 0.272. The van der Waals surface area contributed by atoms with E-state index >= 15 is 0 Å². The normalized spacial score (nSPS) is 14.2. The third kappa shape index (κ3) is 8.11. The van der Waals surface area contributed by atoms with Crippen LogP contribution in [-0.2, 0) is 20.2 Å². The van der Waals surface area contributed by atoms with E-state index in [4.69, 9.17) is 0 Å². The zero-order valence-electron chi connectivity index (χ0n) is 15.6. The third-order valence-corrected chi connectivity index (χ3v) is 6.78. The van der Waals surface area contributed by atoms with Crippen molar-refractivity contribution in [1.82, 2.24) is 0 Å². The summed E-state index contributed by atoms with van der Waals surface area (Å²) in [6.07, 6.45) is 0.354. The van der Waals surface area contributed by atoms with Gasteiger partial charge in [-0.2, -0.15) is 16.8 Å². The molecule has 2 unspecified atom stereocenters. The Kier molecular flexibility index (Phi) is 8.11. The highest BCUT2D eigenvalue weighted by molar-refractivity contribution is 9.10. The summed E-state index contributed by atoms with van der Waals surface area (Å²) < 4.78 is 65.3. The number of benzene rings is 2. The van der Waals surface area contributed by atoms with Crippen LogP contribution >= 0.6 is 15.9 Å². The first-order valence-corrected chi connectivity index (χ1v) is 12.8. The molecule has 0 aliphatic carbocycles. The maximum atomic E-state index is 11.5. The molecule has 164 valence electrons. The number of hydrogen-bond donors (Lipinski definition) is 2. The van der Waals surface area contributed by atoms with Crippen molar-refractivity contribution in [2.45, 2.75) is 24.7 Å². The highest BCUT2D eigenvalue weighted by atomic mass is 79.9. The van der Waals surface area contributed by atoms with Gasteiger partial charge in [0.1, 0.15) is 0 Å². The molecule has 2 N–H and O–H groups in total. The molecule has 0 heterocycles. The lowest BCUT2D eigenvalue weighted by atomic mass is 9.89. The minimum absolute atomic E-state index is 0.161. The van der Waals surface area contributed by atoms with Crippen molar-refractivity contribution < 1.29 is 30.9 Å². The van der Waals surface area contributed by atoms with E-state index < -0.39 is 48.5 Å². The van der Waals surface area contributed by atoms with Crippen molar-refractivity contribution in [1.29, 1.82) is 0 Å². The summed E-state index contributed by atoms with van der Waals surface area (Å²) in [5.74, 6) is -2.51. The Morgan fingerprint density at radius 3 is 1.50 bits per heavy atom. The van der Waals surface area contributed by atoms with Crippen LogP contribution in [0.15, 0.2) is 53.0 Å². The molecule has 0 fully saturated rings. The Hall–Kier alpha value is -1.86. The van der Waals surface area contributed by atoms with Gasteiger partial charge in [-0.25, -0.2) is 0 Å². The highest BCUT2D eigenvalue weighted by Crippen LogP contribution is 2.31. The van der Waals surface area contributed by atoms with Gasteiger partial charge >= 0.3 is 0 Å². The predicted molar refractivity (Wildman–Crippen MR) is 115 cm³/mol. The Labute approximate surface area is 182 Å². The number of rotatable bonds is 10. The van der Waals surface area contributed by atoms with Crippen LogP contribution in [0.4, 0.5) is 5.69 Å². The Morgan fingerprint density at radius 1 is 0.800 bits per heavy atom. The van der Waals surface area contributed by atoms with E-state index in [2.05, 4.69) is 15.9 Å². The van der Waals surface area contributed by atoms with Crippen molar-refractivity contribution in [3.8, 4) is 0 Å². The molecule has 9 nitrogen and oxygen atoms in total. The molecular formula is C18H20BrNO8S2. The minimum atomic E-state index is -4.36. The number of hydrogen-bond acceptors (Lipinski definition) is 6. The van der Waals surface area contributed by atoms with Gasteiger partial charge in [-0.15, -0.1) is 0 Å². The number of nitro groups is 1. The molecule has 0 amide bonds. The van der Waals surface area contributed by atoms with Crippen LogP contribution < -0.4 is 0 Å². The maximum absolute atomic E-state index is 11.5. The van der Waals surface area contributed by atoms with E-state index in [1.54, 1.807) is 24.3 Å². The molecule has 2 aromatic carbocycles. The van der Waals surface area contributed by atoms with E-state index in [1.807, 2.05) is 0 Å². The van der Waals surface area contributed by atoms with Gasteiger partial charge in [-0.3, -0.25) is 19.2 Å². The van der Waals surface area contributed by atoms with Crippen LogP contribution in [0.3, 0.4) is 0 Å². The van der Waals surface area contributed by atoms with Gasteiger partial charge in [0, 0.05) is 28.4 Å². The van der Waals surface area contributed by atoms with Gasteiger partial charge < -0.3 is 0 Å². The second-order valence-electron chi connectivity index (χ2n) is 6.87. The Balaban J connectivity index is 2.29. The van der Waals surface area contributed by atoms with Crippen molar-refractivity contribution in [3.63, 3.8) is 0 Å². The largest absolute Gasteiger partial charge is 0.286 e. The van der Waals surface area contributed by atoms with Gasteiger partial charge in [-0.05, 0) is 36.1 Å². The molecule has 0 bridgehead atoms. The van der Waals surface area contributed by atoms with Gasteiger partial charge in [-0.1, -0.05) is 40.2 Å². The van der Waals surface area contributed by atoms with Crippen LogP contribution in [0.25, 0.3) is 0 Å². The van der Waals surface area contributed by atoms with Gasteiger partial charge in [0.25, 0.3) is 25.9 Å². The molecule has 2 rings (SSSR count). The number of nitrogens with zero attached hydrogens (tertiary/aromatic N) is 1. The summed E-state index contributed by atoms with van der Waals surface area (Å²) in [5, 5.41) is 10.8. The van der Waals surface area contributed by atoms with Crippen LogP contribution in [0.2, 0.25) is 0 Å². The van der Waals surface area contributed by atoms with Crippen LogP contribution in [0.1, 0.15) is 35.8 Å². The summed E-state index contributed by atoms with van der Waals surface area (Å²) in [6.45, 7) is 0. The molecule has 0 spiro atoms. The fraction of sp³-hybridized carbons (Fsp3) is 0.333. The van der Waals surface area contributed by atoms with Crippen molar-refractivity contribution in [3.05, 3.63) is 74.2 Å². The Morgan fingerprint density at radius 2 is 1.17 bits per heavy atom. The molecular weight excluding hydrogens is 502 g/mol. The minimum Gasteiger partial charge on any atom is -0.286 e. The average molecular weight is 522 g/mol. The molecule has 0 saturated carbocycles. The van der Waals surface area contributed by atoms with Crippen LogP contribution in [0.5, 0.6) is 0 Å². The summed E-state index contributed by atoms with van der Waals surface area (Å²) >= 11 is 3.29. The van der Waals surface area contributed by atoms with Crippen molar-refractivity contribution >= 4 is 41.9 Å². The van der Waals surface area contributed by atoms with Gasteiger partial charge in [0.15, 0.2) is 0 Å². The number of non-ortho nitro benzene ring substituents is 1. The molecule has 2 aromatic rings. The van der Waals surface area contributed by atoms with E-state index in [-0.39, 0.29) is 18.5 Å². The number of nitro benzene ring substituents is 1. The molecule has 0 aliphatic heterocycles. The first kappa shape index (κ1) is 24.4. The van der Waals surface area contributed by atoms with E-state index in [0.717, 1.165) is 4.47 Å². The van der Waals surface area contributed by atoms with E-state index in [1.165, 1.54) is 24.3 Å². The SMILES string of the molecule is O=[N+]([O-])c1ccc(C(CCC(CS(=O)(=O)O)c2ccc(Br)cc2)CS(=O)(=O)O)cc1. The third-order valence-electron chi connectivity index (χ3n) is 4.60. The molecule has 12 heteroatoms. The lowest BCUT2D eigenvalue weighted by Gasteiger charge is -2.21. The molecule has 0 saturated heterocycles. The first-order valence-electron chi connectivity index (χ1n) is 8.74. The lowest BCUT2D eigenvalue weighted by Crippen LogP contribution is -2.18. The van der Waals surface area contributed by atoms with Crippen molar-refractivity contribution in [2.75, 3.05) is 11.5 Å². The topological polar surface area (TPSA) is 152 Å². The van der Waals surface area contributed by atoms with Crippen LogP contribution in [-0.4, -0.2) is 42.4 Å². The summed E-state index contributed by atoms with van der Waals surface area (Å²) in [4.78, 5) is 10.2. The highest BCUT2D eigenvalue weighted by Gasteiger charge is 2.24. The second kappa shape index (κ2) is 9.96. The predicted octanol–water partition coefficient (Wildman–Crippen LogP) is 3.78. The first-order chi connectivity index (χ1) is 13.8. The average Bonchev–Trinajstić information content (AvgIpc) is 2.63. The molecule has 2 atom stereocenters. The summed E-state index contributed by atoms with van der Waals surface area (Å²) in [6, 6.07) is 12.1. The molecule has 0 aliphatic rings. The summed E-state index contributed by atoms with van der Waals surface area (Å²) in [7, 11) is -8.66. The zero-order chi connectivity index (χ0) is 22.5. The van der Waals surface area contributed by atoms with Gasteiger partial charge in [0.05, 0.1) is 16.4 Å². The second-order valence-corrected chi connectivity index (χ2v) is 10.8. The summed E-state index contributed by atoms with van der Waals surface area (Å²) in [5.41, 5.74) is 0.938. The lowest BCUT2D eigenvalue weighted by molar-refractivity contribution is -0.384. The maximum Gasteiger partial charge on any atom is 0.269 e. The smallest absolute Gasteiger partial charge is 0.269 e. The number of halogens is 1. The molecule has 0 radical (unpaired) electrons. The monoisotopic (exact) mass is 521 g/mol. The Bertz CT molecular complexity index is 1080. The molecule has 0 aromatic heterocycles. The zero-order valence-corrected chi connectivity index (χ0v) is 18.8. The van der Waals surface area contributed by atoms with Crippen molar-refractivity contribution in [2.24, 2.45) is 0 Å². The van der Waals surface area contributed by atoms with Crippen LogP contribution in [0, 0.1) is 10.1 Å². The van der Waals surface area contributed by atoms with Gasteiger partial charge in [0.2, 0.25) is 0 Å². The van der Waals surface area contributed by atoms with E-state index in [0.29, 0.717) is 11.1 Å². The fourth-order valence-corrected chi connectivity index (χ4v) is 5.21. The fourth-order valence-electron chi connectivity index (χ4n) is 3.21. The van der Waals surface area contributed by atoms with E-state index in [9.17, 15) is 36.1 Å². The molecule has 30 heavy (non-hydrogen) atoms. The standard InChI is InChI=1S/C18H20BrNO8S2/c19-17-7-3-13(4-8-17)15(11-29(23,24)25)1-2-16(12-30(26,27)28)14-5-9-18(10-6-14)20(21)22/h3-10,15-16H,1-2,11-12H2,(H,23,24,25)(H,26,27,28).